The van der Waals surface area contributed by atoms with Crippen molar-refractivity contribution in [2.75, 3.05) is 12.3 Å². The number of aromatic hydroxyl groups is 1. The second-order valence-electron chi connectivity index (χ2n) is 17.7. The number of benzene rings is 1. The fourth-order valence-electron chi connectivity index (χ4n) is 6.72. The fourth-order valence-corrected chi connectivity index (χ4v) is 6.98. The van der Waals surface area contributed by atoms with Gasteiger partial charge in [-0.25, -0.2) is 4.79 Å². The number of carbonyl (C=O) groups excluding carboxylic acids is 8. The van der Waals surface area contributed by atoms with Crippen LogP contribution in [0.3, 0.4) is 0 Å². The highest BCUT2D eigenvalue weighted by Crippen LogP contribution is 2.14. The predicted octanol–water partition coefficient (Wildman–Crippen LogP) is -3.58. The molecule has 27 nitrogen and oxygen atoms in total. The Labute approximate surface area is 421 Å². The van der Waals surface area contributed by atoms with Gasteiger partial charge in [-0.05, 0) is 68.1 Å². The van der Waals surface area contributed by atoms with Crippen molar-refractivity contribution in [2.45, 2.75) is 140 Å². The zero-order valence-corrected chi connectivity index (χ0v) is 41.4. The van der Waals surface area contributed by atoms with E-state index in [4.69, 9.17) is 28.0 Å². The summed E-state index contributed by atoms with van der Waals surface area (Å²) in [6.07, 6.45) is -3.20. The predicted molar refractivity (Wildman–Crippen MR) is 261 cm³/mol. The third-order valence-electron chi connectivity index (χ3n) is 10.4. The Kier molecular flexibility index (Phi) is 27.8. The molecule has 402 valence electrons. The Morgan fingerprint density at radius 1 is 0.556 bits per heavy atom. The van der Waals surface area contributed by atoms with Gasteiger partial charge in [-0.3, -0.25) is 52.9 Å². The van der Waals surface area contributed by atoms with Crippen LogP contribution in [0.1, 0.15) is 91.0 Å². The molecule has 0 bridgehead atoms. The first kappa shape index (κ1) is 62.8. The highest BCUT2D eigenvalue weighted by molar-refractivity contribution is 7.80. The normalized spacial score (nSPS) is 14.3. The molecule has 0 aliphatic heterocycles. The maximum atomic E-state index is 14.2. The molecule has 0 saturated heterocycles. The average Bonchev–Trinajstić information content (AvgIpc) is 3.27. The fraction of sp³-hybridized carbons (Fsp3) is 0.591. The summed E-state index contributed by atoms with van der Waals surface area (Å²) in [5.74, 6) is -13.1. The van der Waals surface area contributed by atoms with Gasteiger partial charge in [0.1, 0.15) is 48.0 Å². The molecule has 0 spiro atoms. The van der Waals surface area contributed by atoms with Crippen LogP contribution in [0.5, 0.6) is 5.75 Å². The lowest BCUT2D eigenvalue weighted by Gasteiger charge is -2.28. The summed E-state index contributed by atoms with van der Waals surface area (Å²) < 4.78 is 0. The van der Waals surface area contributed by atoms with Crippen LogP contribution >= 0.6 is 12.6 Å². The van der Waals surface area contributed by atoms with E-state index in [1.165, 1.54) is 24.3 Å². The number of aliphatic imine (C=N–C) groups is 1. The molecular weight excluding hydrogens is 969 g/mol. The van der Waals surface area contributed by atoms with E-state index >= 15 is 0 Å². The van der Waals surface area contributed by atoms with Gasteiger partial charge >= 0.3 is 17.9 Å². The smallest absolute Gasteiger partial charge is 0.326 e. The van der Waals surface area contributed by atoms with Gasteiger partial charge in [0.05, 0.1) is 12.5 Å². The second-order valence-corrected chi connectivity index (χ2v) is 18.0. The number of carboxylic acids is 3. The summed E-state index contributed by atoms with van der Waals surface area (Å²) in [6, 6.07) is -6.69. The molecule has 1 aromatic carbocycles. The zero-order chi connectivity index (χ0) is 54.8. The van der Waals surface area contributed by atoms with Crippen LogP contribution in [0.4, 0.5) is 0 Å². The number of hydrogen-bond donors (Lipinski definition) is 16. The molecule has 0 unspecified atom stereocenters. The molecule has 0 heterocycles. The average molecular weight is 1040 g/mol. The number of primary amides is 1. The second kappa shape index (κ2) is 31.9. The van der Waals surface area contributed by atoms with Crippen molar-refractivity contribution in [3.05, 3.63) is 29.8 Å². The van der Waals surface area contributed by atoms with Crippen LogP contribution in [0.25, 0.3) is 0 Å². The van der Waals surface area contributed by atoms with Crippen molar-refractivity contribution >= 4 is 83.8 Å². The number of hydrogen-bond acceptors (Lipinski definition) is 15. The first-order valence-corrected chi connectivity index (χ1v) is 23.5. The van der Waals surface area contributed by atoms with Gasteiger partial charge in [-0.15, -0.1) is 0 Å². The third kappa shape index (κ3) is 25.1. The summed E-state index contributed by atoms with van der Waals surface area (Å²) in [7, 11) is 0. The molecule has 0 saturated carbocycles. The number of nitrogens with zero attached hydrogens (tertiary/aromatic N) is 1. The van der Waals surface area contributed by atoms with Crippen molar-refractivity contribution in [3.63, 3.8) is 0 Å². The first-order valence-electron chi connectivity index (χ1n) is 22.9. The van der Waals surface area contributed by atoms with Crippen LogP contribution in [0, 0.1) is 11.8 Å². The van der Waals surface area contributed by atoms with Crippen LogP contribution in [0.15, 0.2) is 29.3 Å². The molecule has 0 aromatic heterocycles. The van der Waals surface area contributed by atoms with Crippen molar-refractivity contribution in [1.82, 2.24) is 37.2 Å². The summed E-state index contributed by atoms with van der Waals surface area (Å²) in [4.78, 5) is 146. The Morgan fingerprint density at radius 3 is 1.42 bits per heavy atom. The standard InChI is InChI=1S/C44H70N12O15S/c1-21(2)16-29(39(66)54-30(17-22(3)4)40(67)56-32(20-72)42(69)52-28(43(70)71)6-5-15-49-44(47)48)53-38(65)27(12-14-34(59)60)51-41(68)31(18-23-7-9-24(57)10-8-23)55-37(64)26(11-13-33(46)58)50-36(63)25(45)19-35(61)62/h7-10,21-22,25-32,57,72H,5-6,11-20,45H2,1-4H3,(H2,46,58)(H,50,63)(H,51,68)(H,52,69)(H,53,65)(H,54,66)(H,55,64)(H,56,67)(H,59,60)(H,61,62)(H,70,71)(H4,47,48,49)/t25-,26-,27-,28-,29-,30-,31-,32-/m0/s1. The lowest BCUT2D eigenvalue weighted by Crippen LogP contribution is -2.60. The monoisotopic (exact) mass is 1040 g/mol. The zero-order valence-electron chi connectivity index (χ0n) is 40.6. The Morgan fingerprint density at radius 2 is 0.972 bits per heavy atom. The number of nitrogens with one attached hydrogen (secondary N) is 7. The SMILES string of the molecule is CC(C)C[C@H](NC(=O)[C@H](CC(C)C)NC(=O)[C@H](CCC(=O)O)NC(=O)[C@H](Cc1ccc(O)cc1)NC(=O)[C@H](CCC(N)=O)NC(=O)[C@@H](N)CC(=O)O)C(=O)N[C@@H](CS)C(=O)N[C@@H](CCCN=C(N)N)C(=O)O. The molecule has 8 atom stereocenters. The molecule has 72 heavy (non-hydrogen) atoms. The van der Waals surface area contributed by atoms with Gasteiger partial charge in [-0.1, -0.05) is 39.8 Å². The Balaban J connectivity index is 3.51. The van der Waals surface area contributed by atoms with E-state index in [9.17, 15) is 68.1 Å². The minimum atomic E-state index is -1.69. The van der Waals surface area contributed by atoms with Gasteiger partial charge in [0, 0.05) is 31.6 Å². The molecule has 0 radical (unpaired) electrons. The summed E-state index contributed by atoms with van der Waals surface area (Å²) in [5.41, 5.74) is 21.9. The van der Waals surface area contributed by atoms with Gasteiger partial charge < -0.3 is 80.6 Å². The van der Waals surface area contributed by atoms with Crippen LogP contribution < -0.4 is 60.2 Å². The molecule has 1 aromatic rings. The number of thiol groups is 1. The lowest BCUT2D eigenvalue weighted by molar-refractivity contribution is -0.142. The van der Waals surface area contributed by atoms with E-state index in [2.05, 4.69) is 54.8 Å². The lowest BCUT2D eigenvalue weighted by atomic mass is 9.99. The van der Waals surface area contributed by atoms with Crippen molar-refractivity contribution < 1.29 is 73.2 Å². The summed E-state index contributed by atoms with van der Waals surface area (Å²) in [6.45, 7) is 7.00. The van der Waals surface area contributed by atoms with Crippen LogP contribution in [-0.4, -0.2) is 152 Å². The van der Waals surface area contributed by atoms with Crippen molar-refractivity contribution in [2.24, 2.45) is 39.8 Å². The van der Waals surface area contributed by atoms with Gasteiger partial charge in [-0.2, -0.15) is 12.6 Å². The van der Waals surface area contributed by atoms with E-state index in [-0.39, 0.29) is 67.9 Å². The Bertz CT molecular complexity index is 2090. The number of amides is 8. The quantitative estimate of drug-likeness (QED) is 0.0137. The Hall–Kier alpha value is -7.23. The number of carbonyl (C=O) groups is 11. The van der Waals surface area contributed by atoms with E-state index in [0.717, 1.165) is 0 Å². The highest BCUT2D eigenvalue weighted by atomic mass is 32.1. The summed E-state index contributed by atoms with van der Waals surface area (Å²) >= 11 is 4.16. The minimum absolute atomic E-state index is 0.0109. The number of phenols is 1. The number of nitrogens with two attached hydrogens (primary N) is 4. The summed E-state index contributed by atoms with van der Waals surface area (Å²) in [5, 5.41) is 55.3. The van der Waals surface area contributed by atoms with Gasteiger partial charge in [0.2, 0.25) is 47.3 Å². The van der Waals surface area contributed by atoms with Crippen LogP contribution in [0.2, 0.25) is 0 Å². The molecule has 19 N–H and O–H groups in total. The van der Waals surface area contributed by atoms with Crippen molar-refractivity contribution in [3.8, 4) is 5.75 Å². The topological polar surface area (TPSA) is 469 Å². The largest absolute Gasteiger partial charge is 0.508 e. The van der Waals surface area contributed by atoms with E-state index < -0.39 is 146 Å². The molecule has 0 fully saturated rings. The molecule has 8 amide bonds. The number of phenolic OH excluding ortho intramolecular Hbond substituents is 1. The van der Waals surface area contributed by atoms with E-state index in [1.54, 1.807) is 27.7 Å². The highest BCUT2D eigenvalue weighted by Gasteiger charge is 2.35. The molecule has 28 heteroatoms. The van der Waals surface area contributed by atoms with Gasteiger partial charge in [0.15, 0.2) is 5.96 Å². The first-order chi connectivity index (χ1) is 33.6. The van der Waals surface area contributed by atoms with E-state index in [0.29, 0.717) is 5.56 Å². The number of rotatable bonds is 34. The van der Waals surface area contributed by atoms with E-state index in [1.807, 2.05) is 0 Å². The number of aliphatic carboxylic acids is 3. The number of guanidine groups is 1. The minimum Gasteiger partial charge on any atom is -0.508 e. The maximum Gasteiger partial charge on any atom is 0.326 e. The third-order valence-corrected chi connectivity index (χ3v) is 10.8. The number of carboxylic acid groups (broad SMARTS) is 3. The molecule has 0 aliphatic carbocycles. The van der Waals surface area contributed by atoms with Crippen molar-refractivity contribution in [1.29, 1.82) is 0 Å². The molecular formula is C44H70N12O15S. The molecule has 0 aliphatic rings. The van der Waals surface area contributed by atoms with Crippen LogP contribution in [-0.2, 0) is 59.2 Å². The molecule has 1 rings (SSSR count). The maximum absolute atomic E-state index is 14.2. The van der Waals surface area contributed by atoms with Gasteiger partial charge in [0.25, 0.3) is 0 Å².